The Bertz CT molecular complexity index is 903. The number of nitrogens with one attached hydrogen (secondary N) is 1. The summed E-state index contributed by atoms with van der Waals surface area (Å²) in [5, 5.41) is 15.4. The maximum atomic E-state index is 12.5. The lowest BCUT2D eigenvalue weighted by molar-refractivity contribution is 0.102. The number of benzene rings is 2. The summed E-state index contributed by atoms with van der Waals surface area (Å²) in [6, 6.07) is 12.1. The molecule has 2 aromatic carbocycles. The highest BCUT2D eigenvalue weighted by molar-refractivity contribution is 6.35. The van der Waals surface area contributed by atoms with E-state index in [1.54, 1.807) is 41.1 Å². The van der Waals surface area contributed by atoms with Crippen LogP contribution < -0.4 is 5.32 Å². The highest BCUT2D eigenvalue weighted by Crippen LogP contribution is 2.24. The van der Waals surface area contributed by atoms with E-state index in [4.69, 9.17) is 23.2 Å². The first-order valence-electron chi connectivity index (χ1n) is 7.60. The van der Waals surface area contributed by atoms with Crippen LogP contribution in [0.15, 0.2) is 42.5 Å². The van der Waals surface area contributed by atoms with Crippen LogP contribution in [-0.2, 0) is 0 Å². The molecule has 0 atom stereocenters. The molecule has 1 amide bonds. The molecule has 0 fully saturated rings. The van der Waals surface area contributed by atoms with Crippen molar-refractivity contribution < 1.29 is 4.79 Å². The summed E-state index contributed by atoms with van der Waals surface area (Å²) in [6.45, 7) is 3.97. The Morgan fingerprint density at radius 3 is 2.52 bits per heavy atom. The Hall–Kier alpha value is -2.44. The number of hydrogen-bond acceptors (Lipinski definition) is 4. The average Bonchev–Trinajstić information content (AvgIpc) is 3.04. The molecular formula is C17H15Cl2N5O. The van der Waals surface area contributed by atoms with E-state index in [1.807, 2.05) is 19.9 Å². The summed E-state index contributed by atoms with van der Waals surface area (Å²) in [7, 11) is 0. The van der Waals surface area contributed by atoms with E-state index in [1.165, 1.54) is 0 Å². The zero-order chi connectivity index (χ0) is 18.0. The molecule has 0 aliphatic carbocycles. The first-order chi connectivity index (χ1) is 11.9. The van der Waals surface area contributed by atoms with Crippen molar-refractivity contribution in [1.29, 1.82) is 0 Å². The molecule has 0 aliphatic heterocycles. The Kier molecular flexibility index (Phi) is 5.01. The van der Waals surface area contributed by atoms with E-state index in [-0.39, 0.29) is 11.9 Å². The van der Waals surface area contributed by atoms with Crippen LogP contribution in [0, 0.1) is 0 Å². The van der Waals surface area contributed by atoms with Crippen molar-refractivity contribution in [2.45, 2.75) is 19.9 Å². The van der Waals surface area contributed by atoms with Gasteiger partial charge in [-0.15, -0.1) is 5.10 Å². The number of anilines is 1. The van der Waals surface area contributed by atoms with E-state index >= 15 is 0 Å². The lowest BCUT2D eigenvalue weighted by Crippen LogP contribution is -2.12. The van der Waals surface area contributed by atoms with Crippen LogP contribution in [0.1, 0.15) is 30.2 Å². The molecule has 0 saturated heterocycles. The molecule has 8 heteroatoms. The second kappa shape index (κ2) is 7.21. The number of tetrazole rings is 1. The molecule has 1 N–H and O–H groups in total. The number of aromatic nitrogens is 4. The van der Waals surface area contributed by atoms with Crippen LogP contribution in [0.4, 0.5) is 5.69 Å². The quantitative estimate of drug-likeness (QED) is 0.729. The standard InChI is InChI=1S/C17H15Cl2N5O/c1-10(2)24-16(21-22-23-24)11-4-3-5-12(6-11)17(25)20-15-8-13(18)7-14(19)9-15/h3-10H,1-2H3,(H,20,25). The topological polar surface area (TPSA) is 72.7 Å². The van der Waals surface area contributed by atoms with Crippen LogP contribution in [0.2, 0.25) is 10.0 Å². The molecule has 0 unspecified atom stereocenters. The van der Waals surface area contributed by atoms with Gasteiger partial charge in [0.15, 0.2) is 5.82 Å². The predicted octanol–water partition coefficient (Wildman–Crippen LogP) is 4.48. The van der Waals surface area contributed by atoms with Gasteiger partial charge in [-0.25, -0.2) is 4.68 Å². The molecule has 0 saturated carbocycles. The number of amides is 1. The first-order valence-corrected chi connectivity index (χ1v) is 8.35. The highest BCUT2D eigenvalue weighted by atomic mass is 35.5. The third-order valence-electron chi connectivity index (χ3n) is 3.49. The number of rotatable bonds is 4. The third-order valence-corrected chi connectivity index (χ3v) is 3.92. The van der Waals surface area contributed by atoms with Crippen molar-refractivity contribution in [2.24, 2.45) is 0 Å². The fourth-order valence-corrected chi connectivity index (χ4v) is 2.89. The lowest BCUT2D eigenvalue weighted by atomic mass is 10.1. The Labute approximate surface area is 154 Å². The average molecular weight is 376 g/mol. The SMILES string of the molecule is CC(C)n1nnnc1-c1cccc(C(=O)Nc2cc(Cl)cc(Cl)c2)c1. The van der Waals surface area contributed by atoms with Crippen molar-refractivity contribution in [2.75, 3.05) is 5.32 Å². The summed E-state index contributed by atoms with van der Waals surface area (Å²) < 4.78 is 1.70. The van der Waals surface area contributed by atoms with Gasteiger partial charge < -0.3 is 5.32 Å². The monoisotopic (exact) mass is 375 g/mol. The summed E-state index contributed by atoms with van der Waals surface area (Å²) in [5.74, 6) is 0.333. The van der Waals surface area contributed by atoms with Gasteiger partial charge in [0.2, 0.25) is 0 Å². The van der Waals surface area contributed by atoms with Crippen LogP contribution in [0.3, 0.4) is 0 Å². The van der Waals surface area contributed by atoms with Crippen LogP contribution >= 0.6 is 23.2 Å². The second-order valence-corrected chi connectivity index (χ2v) is 6.61. The van der Waals surface area contributed by atoms with Gasteiger partial charge in [-0.3, -0.25) is 4.79 Å². The lowest BCUT2D eigenvalue weighted by Gasteiger charge is -2.10. The molecule has 25 heavy (non-hydrogen) atoms. The fourth-order valence-electron chi connectivity index (χ4n) is 2.36. The smallest absolute Gasteiger partial charge is 0.255 e. The summed E-state index contributed by atoms with van der Waals surface area (Å²) >= 11 is 11.9. The van der Waals surface area contributed by atoms with E-state index in [2.05, 4.69) is 20.8 Å². The zero-order valence-corrected chi connectivity index (χ0v) is 15.1. The summed E-state index contributed by atoms with van der Waals surface area (Å²) in [6.07, 6.45) is 0. The summed E-state index contributed by atoms with van der Waals surface area (Å²) in [5.41, 5.74) is 1.77. The Morgan fingerprint density at radius 2 is 1.84 bits per heavy atom. The first kappa shape index (κ1) is 17.4. The maximum Gasteiger partial charge on any atom is 0.255 e. The molecular weight excluding hydrogens is 361 g/mol. The molecule has 6 nitrogen and oxygen atoms in total. The Morgan fingerprint density at radius 1 is 1.12 bits per heavy atom. The van der Waals surface area contributed by atoms with Gasteiger partial charge in [-0.05, 0) is 54.6 Å². The summed E-state index contributed by atoms with van der Waals surface area (Å²) in [4.78, 5) is 12.5. The maximum absolute atomic E-state index is 12.5. The van der Waals surface area contributed by atoms with Crippen LogP contribution in [0.25, 0.3) is 11.4 Å². The normalized spacial score (nSPS) is 10.9. The van der Waals surface area contributed by atoms with Gasteiger partial charge in [-0.1, -0.05) is 35.3 Å². The van der Waals surface area contributed by atoms with Crippen LogP contribution in [-0.4, -0.2) is 26.1 Å². The molecule has 1 heterocycles. The van der Waals surface area contributed by atoms with Crippen molar-refractivity contribution in [3.8, 4) is 11.4 Å². The fraction of sp³-hybridized carbons (Fsp3) is 0.176. The van der Waals surface area contributed by atoms with Crippen LogP contribution in [0.5, 0.6) is 0 Å². The van der Waals surface area contributed by atoms with Crippen molar-refractivity contribution in [1.82, 2.24) is 20.2 Å². The third kappa shape index (κ3) is 3.97. The number of carbonyl (C=O) groups is 1. The Balaban J connectivity index is 1.88. The predicted molar refractivity (Wildman–Crippen MR) is 98.1 cm³/mol. The zero-order valence-electron chi connectivity index (χ0n) is 13.6. The minimum atomic E-state index is -0.274. The van der Waals surface area contributed by atoms with E-state index in [0.717, 1.165) is 5.56 Å². The number of hydrogen-bond donors (Lipinski definition) is 1. The van der Waals surface area contributed by atoms with Gasteiger partial charge in [-0.2, -0.15) is 0 Å². The molecule has 1 aromatic heterocycles. The molecule has 3 rings (SSSR count). The molecule has 3 aromatic rings. The van der Waals surface area contributed by atoms with Gasteiger partial charge in [0.1, 0.15) is 0 Å². The van der Waals surface area contributed by atoms with Crippen molar-refractivity contribution >= 4 is 34.8 Å². The molecule has 0 radical (unpaired) electrons. The minimum absolute atomic E-state index is 0.107. The van der Waals surface area contributed by atoms with Crippen molar-refractivity contribution in [3.05, 3.63) is 58.1 Å². The molecule has 0 spiro atoms. The molecule has 0 aliphatic rings. The van der Waals surface area contributed by atoms with Gasteiger partial charge >= 0.3 is 0 Å². The highest BCUT2D eigenvalue weighted by Gasteiger charge is 2.14. The molecule has 0 bridgehead atoms. The van der Waals surface area contributed by atoms with Crippen molar-refractivity contribution in [3.63, 3.8) is 0 Å². The second-order valence-electron chi connectivity index (χ2n) is 5.73. The number of nitrogens with zero attached hydrogens (tertiary/aromatic N) is 4. The van der Waals surface area contributed by atoms with Gasteiger partial charge in [0.05, 0.1) is 6.04 Å². The minimum Gasteiger partial charge on any atom is -0.322 e. The number of carbonyl (C=O) groups excluding carboxylic acids is 1. The van der Waals surface area contributed by atoms with Gasteiger partial charge in [0, 0.05) is 26.9 Å². The van der Waals surface area contributed by atoms with E-state index in [9.17, 15) is 4.79 Å². The molecule has 128 valence electrons. The van der Waals surface area contributed by atoms with E-state index in [0.29, 0.717) is 27.1 Å². The number of halogens is 2. The van der Waals surface area contributed by atoms with Gasteiger partial charge in [0.25, 0.3) is 5.91 Å². The van der Waals surface area contributed by atoms with E-state index < -0.39 is 0 Å². The largest absolute Gasteiger partial charge is 0.322 e.